The van der Waals surface area contributed by atoms with E-state index in [0.29, 0.717) is 0 Å². The normalized spacial score (nSPS) is 17.3. The summed E-state index contributed by atoms with van der Waals surface area (Å²) in [5.74, 6) is 1.91. The van der Waals surface area contributed by atoms with Gasteiger partial charge in [-0.2, -0.15) is 0 Å². The molecule has 0 radical (unpaired) electrons. The molecule has 1 unspecified atom stereocenters. The maximum absolute atomic E-state index is 5.70. The molecule has 0 amide bonds. The first-order valence-electron chi connectivity index (χ1n) is 8.22. The average Bonchev–Trinajstić information content (AvgIpc) is 3.14. The lowest BCUT2D eigenvalue weighted by molar-refractivity contribution is 0.248. The summed E-state index contributed by atoms with van der Waals surface area (Å²) in [6.45, 7) is 9.43. The van der Waals surface area contributed by atoms with Crippen LogP contribution in [0.4, 0.5) is 0 Å². The minimum atomic E-state index is 0.866. The van der Waals surface area contributed by atoms with Gasteiger partial charge in [-0.15, -0.1) is 0 Å². The molecule has 1 fully saturated rings. The van der Waals surface area contributed by atoms with Crippen molar-refractivity contribution in [3.63, 3.8) is 0 Å². The topological polar surface area (TPSA) is 29.3 Å². The van der Waals surface area contributed by atoms with Gasteiger partial charge in [-0.1, -0.05) is 26.7 Å². The molecule has 1 aliphatic carbocycles. The summed E-state index contributed by atoms with van der Waals surface area (Å²) in [5, 5.41) is 0. The minimum Gasteiger partial charge on any atom is -0.330 e. The fourth-order valence-corrected chi connectivity index (χ4v) is 2.96. The molecule has 0 spiro atoms. The van der Waals surface area contributed by atoms with Crippen LogP contribution in [-0.4, -0.2) is 31.1 Å². The fraction of sp³-hybridized carbons (Fsp3) is 1.00. The predicted molar refractivity (Wildman–Crippen MR) is 80.8 cm³/mol. The number of hydrogen-bond donors (Lipinski definition) is 1. The van der Waals surface area contributed by atoms with Crippen molar-refractivity contribution in [3.8, 4) is 0 Å². The Balaban J connectivity index is 2.14. The highest BCUT2D eigenvalue weighted by atomic mass is 15.1. The van der Waals surface area contributed by atoms with Crippen LogP contribution in [0.5, 0.6) is 0 Å². The summed E-state index contributed by atoms with van der Waals surface area (Å²) in [7, 11) is 0. The standard InChI is InChI=1S/C16H34N2/c1-3-6-15(10-11-17)7-5-13-18(12-4-2)14-16-8-9-16/h15-16H,3-14,17H2,1-2H3. The van der Waals surface area contributed by atoms with Gasteiger partial charge in [0.15, 0.2) is 0 Å². The number of rotatable bonds is 12. The van der Waals surface area contributed by atoms with Crippen LogP contribution in [0.2, 0.25) is 0 Å². The first-order chi connectivity index (χ1) is 8.80. The number of nitrogens with zero attached hydrogens (tertiary/aromatic N) is 1. The fourth-order valence-electron chi connectivity index (χ4n) is 2.96. The highest BCUT2D eigenvalue weighted by Gasteiger charge is 2.23. The molecular weight excluding hydrogens is 220 g/mol. The Morgan fingerprint density at radius 3 is 2.39 bits per heavy atom. The van der Waals surface area contributed by atoms with Gasteiger partial charge >= 0.3 is 0 Å². The van der Waals surface area contributed by atoms with Crippen LogP contribution in [-0.2, 0) is 0 Å². The zero-order valence-electron chi connectivity index (χ0n) is 12.7. The Labute approximate surface area is 114 Å². The molecule has 18 heavy (non-hydrogen) atoms. The second-order valence-corrected chi connectivity index (χ2v) is 6.12. The van der Waals surface area contributed by atoms with Crippen LogP contribution in [0.25, 0.3) is 0 Å². The molecule has 0 saturated heterocycles. The van der Waals surface area contributed by atoms with E-state index in [0.717, 1.165) is 18.4 Å². The van der Waals surface area contributed by atoms with Crippen LogP contribution < -0.4 is 5.73 Å². The quantitative estimate of drug-likeness (QED) is 0.576. The number of nitrogens with two attached hydrogens (primary N) is 1. The van der Waals surface area contributed by atoms with Crippen molar-refractivity contribution in [2.24, 2.45) is 17.6 Å². The summed E-state index contributed by atoms with van der Waals surface area (Å²) in [5.41, 5.74) is 5.70. The summed E-state index contributed by atoms with van der Waals surface area (Å²) in [4.78, 5) is 2.70. The minimum absolute atomic E-state index is 0.866. The van der Waals surface area contributed by atoms with Crippen LogP contribution >= 0.6 is 0 Å². The first kappa shape index (κ1) is 16.0. The van der Waals surface area contributed by atoms with Crippen LogP contribution in [0.3, 0.4) is 0 Å². The van der Waals surface area contributed by atoms with E-state index in [1.165, 1.54) is 71.0 Å². The molecular formula is C16H34N2. The van der Waals surface area contributed by atoms with Crippen molar-refractivity contribution in [2.45, 2.75) is 65.2 Å². The molecule has 108 valence electrons. The van der Waals surface area contributed by atoms with E-state index in [1.807, 2.05) is 0 Å². The van der Waals surface area contributed by atoms with Gasteiger partial charge in [0, 0.05) is 6.54 Å². The van der Waals surface area contributed by atoms with Gasteiger partial charge in [-0.25, -0.2) is 0 Å². The van der Waals surface area contributed by atoms with Crippen molar-refractivity contribution in [1.82, 2.24) is 4.90 Å². The van der Waals surface area contributed by atoms with Gasteiger partial charge in [-0.05, 0) is 70.0 Å². The second-order valence-electron chi connectivity index (χ2n) is 6.12. The monoisotopic (exact) mass is 254 g/mol. The molecule has 2 N–H and O–H groups in total. The Kier molecular flexibility index (Phi) is 8.70. The molecule has 0 heterocycles. The van der Waals surface area contributed by atoms with Crippen LogP contribution in [0, 0.1) is 11.8 Å². The smallest absolute Gasteiger partial charge is 0.000966 e. The maximum Gasteiger partial charge on any atom is 0.000966 e. The Hall–Kier alpha value is -0.0800. The van der Waals surface area contributed by atoms with Crippen molar-refractivity contribution in [1.29, 1.82) is 0 Å². The van der Waals surface area contributed by atoms with E-state index >= 15 is 0 Å². The molecule has 2 heteroatoms. The third-order valence-corrected chi connectivity index (χ3v) is 4.11. The zero-order valence-corrected chi connectivity index (χ0v) is 12.7. The molecule has 0 bridgehead atoms. The Morgan fingerprint density at radius 1 is 1.06 bits per heavy atom. The summed E-state index contributed by atoms with van der Waals surface area (Å²) in [6.07, 6.45) is 10.9. The number of hydrogen-bond acceptors (Lipinski definition) is 2. The van der Waals surface area contributed by atoms with Gasteiger partial charge < -0.3 is 10.6 Å². The van der Waals surface area contributed by atoms with Gasteiger partial charge in [0.2, 0.25) is 0 Å². The molecule has 0 aromatic carbocycles. The second kappa shape index (κ2) is 9.80. The third kappa shape index (κ3) is 7.38. The van der Waals surface area contributed by atoms with E-state index in [-0.39, 0.29) is 0 Å². The van der Waals surface area contributed by atoms with Crippen molar-refractivity contribution in [3.05, 3.63) is 0 Å². The molecule has 2 nitrogen and oxygen atoms in total. The van der Waals surface area contributed by atoms with Gasteiger partial charge in [0.25, 0.3) is 0 Å². The van der Waals surface area contributed by atoms with Crippen LogP contribution in [0.15, 0.2) is 0 Å². The zero-order chi connectivity index (χ0) is 13.2. The molecule has 0 aromatic rings. The Morgan fingerprint density at radius 2 is 1.83 bits per heavy atom. The third-order valence-electron chi connectivity index (χ3n) is 4.11. The SMILES string of the molecule is CCCC(CCN)CCCN(CCC)CC1CC1. The van der Waals surface area contributed by atoms with E-state index < -0.39 is 0 Å². The van der Waals surface area contributed by atoms with E-state index in [4.69, 9.17) is 5.73 Å². The first-order valence-corrected chi connectivity index (χ1v) is 8.22. The van der Waals surface area contributed by atoms with E-state index in [2.05, 4.69) is 18.7 Å². The average molecular weight is 254 g/mol. The molecule has 1 aliphatic rings. The van der Waals surface area contributed by atoms with Crippen LogP contribution in [0.1, 0.15) is 65.2 Å². The Bertz CT molecular complexity index is 184. The van der Waals surface area contributed by atoms with Gasteiger partial charge in [0.1, 0.15) is 0 Å². The highest BCUT2D eigenvalue weighted by molar-refractivity contribution is 4.77. The van der Waals surface area contributed by atoms with Crippen molar-refractivity contribution in [2.75, 3.05) is 26.2 Å². The van der Waals surface area contributed by atoms with Gasteiger partial charge in [0.05, 0.1) is 0 Å². The largest absolute Gasteiger partial charge is 0.330 e. The lowest BCUT2D eigenvalue weighted by Gasteiger charge is -2.23. The summed E-state index contributed by atoms with van der Waals surface area (Å²) >= 11 is 0. The molecule has 0 aromatic heterocycles. The van der Waals surface area contributed by atoms with E-state index in [1.54, 1.807) is 0 Å². The summed E-state index contributed by atoms with van der Waals surface area (Å²) < 4.78 is 0. The van der Waals surface area contributed by atoms with E-state index in [9.17, 15) is 0 Å². The predicted octanol–water partition coefficient (Wildman–Crippen LogP) is 3.65. The van der Waals surface area contributed by atoms with Gasteiger partial charge in [-0.3, -0.25) is 0 Å². The highest BCUT2D eigenvalue weighted by Crippen LogP contribution is 2.30. The molecule has 0 aliphatic heterocycles. The lowest BCUT2D eigenvalue weighted by atomic mass is 9.94. The molecule has 1 rings (SSSR count). The lowest BCUT2D eigenvalue weighted by Crippen LogP contribution is -2.28. The maximum atomic E-state index is 5.70. The summed E-state index contributed by atoms with van der Waals surface area (Å²) in [6, 6.07) is 0. The molecule has 1 saturated carbocycles. The van der Waals surface area contributed by atoms with Crippen molar-refractivity contribution >= 4 is 0 Å². The molecule has 1 atom stereocenters. The van der Waals surface area contributed by atoms with Crippen molar-refractivity contribution < 1.29 is 0 Å².